The van der Waals surface area contributed by atoms with Crippen LogP contribution in [0.3, 0.4) is 0 Å². The Morgan fingerprint density at radius 2 is 1.76 bits per heavy atom. The van der Waals surface area contributed by atoms with E-state index in [0.29, 0.717) is 23.3 Å². The SMILES string of the molecule is CC(C)(C)C1CCC(C(Cl)Cc2cccc(F)c2F)CC1. The summed E-state index contributed by atoms with van der Waals surface area (Å²) in [6.07, 6.45) is 4.96. The fourth-order valence-electron chi connectivity index (χ4n) is 3.43. The molecule has 1 aliphatic rings. The number of hydrogen-bond acceptors (Lipinski definition) is 0. The quantitative estimate of drug-likeness (QED) is 0.603. The molecule has 118 valence electrons. The predicted octanol–water partition coefficient (Wildman–Crippen LogP) is 5.97. The van der Waals surface area contributed by atoms with Crippen molar-refractivity contribution in [1.82, 2.24) is 0 Å². The monoisotopic (exact) mass is 314 g/mol. The van der Waals surface area contributed by atoms with Gasteiger partial charge in [0.2, 0.25) is 0 Å². The minimum atomic E-state index is -0.784. The fourth-order valence-corrected chi connectivity index (χ4v) is 3.85. The van der Waals surface area contributed by atoms with Gasteiger partial charge in [0.1, 0.15) is 0 Å². The van der Waals surface area contributed by atoms with Crippen molar-refractivity contribution >= 4 is 11.6 Å². The molecule has 0 nitrogen and oxygen atoms in total. The number of alkyl halides is 1. The Bertz CT molecular complexity index is 471. The van der Waals surface area contributed by atoms with Gasteiger partial charge in [-0.05, 0) is 61.0 Å². The van der Waals surface area contributed by atoms with E-state index in [-0.39, 0.29) is 5.38 Å². The highest BCUT2D eigenvalue weighted by Crippen LogP contribution is 2.42. The van der Waals surface area contributed by atoms with Gasteiger partial charge in [-0.25, -0.2) is 8.78 Å². The summed E-state index contributed by atoms with van der Waals surface area (Å²) in [5.41, 5.74) is 0.745. The lowest BCUT2D eigenvalue weighted by Crippen LogP contribution is -2.29. The first-order chi connectivity index (χ1) is 9.79. The lowest BCUT2D eigenvalue weighted by molar-refractivity contribution is 0.148. The average molecular weight is 315 g/mol. The van der Waals surface area contributed by atoms with Gasteiger partial charge in [-0.3, -0.25) is 0 Å². The molecular formula is C18H25ClF2. The van der Waals surface area contributed by atoms with E-state index < -0.39 is 11.6 Å². The van der Waals surface area contributed by atoms with E-state index in [1.165, 1.54) is 12.8 Å². The molecule has 3 heteroatoms. The molecule has 21 heavy (non-hydrogen) atoms. The molecule has 0 bridgehead atoms. The Hall–Kier alpha value is -0.630. The Morgan fingerprint density at radius 3 is 2.33 bits per heavy atom. The zero-order chi connectivity index (χ0) is 15.6. The van der Waals surface area contributed by atoms with Crippen molar-refractivity contribution in [2.45, 2.75) is 58.3 Å². The summed E-state index contributed by atoms with van der Waals surface area (Å²) in [5.74, 6) is -0.379. The number of rotatable bonds is 3. The second kappa shape index (κ2) is 6.64. The van der Waals surface area contributed by atoms with Crippen molar-refractivity contribution < 1.29 is 8.78 Å². The molecule has 0 heterocycles. The number of hydrogen-bond donors (Lipinski definition) is 0. The first-order valence-electron chi connectivity index (χ1n) is 7.86. The van der Waals surface area contributed by atoms with Crippen molar-refractivity contribution in [3.63, 3.8) is 0 Å². The molecule has 0 N–H and O–H groups in total. The molecular weight excluding hydrogens is 290 g/mol. The van der Waals surface area contributed by atoms with Gasteiger partial charge in [-0.2, -0.15) is 0 Å². The Morgan fingerprint density at radius 1 is 1.14 bits per heavy atom. The summed E-state index contributed by atoms with van der Waals surface area (Å²) in [4.78, 5) is 0. The van der Waals surface area contributed by atoms with E-state index in [9.17, 15) is 8.78 Å². The molecule has 1 fully saturated rings. The van der Waals surface area contributed by atoms with Crippen LogP contribution in [0.25, 0.3) is 0 Å². The van der Waals surface area contributed by atoms with Crippen LogP contribution in [0.1, 0.15) is 52.0 Å². The molecule has 0 aromatic heterocycles. The van der Waals surface area contributed by atoms with Gasteiger partial charge >= 0.3 is 0 Å². The van der Waals surface area contributed by atoms with E-state index in [2.05, 4.69) is 20.8 Å². The lowest BCUT2D eigenvalue weighted by atomic mass is 9.69. The summed E-state index contributed by atoms with van der Waals surface area (Å²) in [6, 6.07) is 4.33. The highest BCUT2D eigenvalue weighted by molar-refractivity contribution is 6.20. The Labute approximate surface area is 131 Å². The molecule has 1 saturated carbocycles. The molecule has 0 amide bonds. The molecule has 0 saturated heterocycles. The first kappa shape index (κ1) is 16.7. The second-order valence-electron chi connectivity index (χ2n) is 7.41. The van der Waals surface area contributed by atoms with Gasteiger partial charge in [0.25, 0.3) is 0 Å². The molecule has 1 aromatic rings. The summed E-state index contributed by atoms with van der Waals surface area (Å²) in [6.45, 7) is 6.87. The van der Waals surface area contributed by atoms with Gasteiger partial charge in [-0.1, -0.05) is 32.9 Å². The smallest absolute Gasteiger partial charge is 0.162 e. The maximum absolute atomic E-state index is 13.7. The van der Waals surface area contributed by atoms with Gasteiger partial charge in [0.15, 0.2) is 11.6 Å². The van der Waals surface area contributed by atoms with E-state index in [1.54, 1.807) is 12.1 Å². The van der Waals surface area contributed by atoms with Crippen LogP contribution in [0, 0.1) is 28.9 Å². The van der Waals surface area contributed by atoms with Gasteiger partial charge < -0.3 is 0 Å². The van der Waals surface area contributed by atoms with Crippen LogP contribution >= 0.6 is 11.6 Å². The third kappa shape index (κ3) is 4.18. The summed E-state index contributed by atoms with van der Waals surface area (Å²) in [7, 11) is 0. The molecule has 0 spiro atoms. The molecule has 1 atom stereocenters. The van der Waals surface area contributed by atoms with Crippen LogP contribution in [-0.4, -0.2) is 5.38 Å². The minimum absolute atomic E-state index is 0.109. The van der Waals surface area contributed by atoms with Crippen molar-refractivity contribution in [1.29, 1.82) is 0 Å². The number of benzene rings is 1. The van der Waals surface area contributed by atoms with E-state index in [1.807, 2.05) is 0 Å². The molecule has 1 aromatic carbocycles. The maximum Gasteiger partial charge on any atom is 0.162 e. The van der Waals surface area contributed by atoms with E-state index >= 15 is 0 Å². The van der Waals surface area contributed by atoms with Crippen LogP contribution < -0.4 is 0 Å². The predicted molar refractivity (Wildman–Crippen MR) is 84.6 cm³/mol. The minimum Gasteiger partial charge on any atom is -0.204 e. The van der Waals surface area contributed by atoms with E-state index in [4.69, 9.17) is 11.6 Å². The third-order valence-corrected chi connectivity index (χ3v) is 5.47. The van der Waals surface area contributed by atoms with Crippen LogP contribution in [0.4, 0.5) is 8.78 Å². The summed E-state index contributed by atoms with van der Waals surface area (Å²) >= 11 is 6.49. The van der Waals surface area contributed by atoms with Crippen molar-refractivity contribution in [2.75, 3.05) is 0 Å². The largest absolute Gasteiger partial charge is 0.204 e. The van der Waals surface area contributed by atoms with Gasteiger partial charge in [0.05, 0.1) is 0 Å². The number of halogens is 3. The van der Waals surface area contributed by atoms with Crippen molar-refractivity contribution in [2.24, 2.45) is 17.3 Å². The van der Waals surface area contributed by atoms with Crippen LogP contribution in [0.2, 0.25) is 0 Å². The summed E-state index contributed by atoms with van der Waals surface area (Å²) < 4.78 is 27.0. The Kier molecular flexibility index (Phi) is 5.29. The molecule has 0 radical (unpaired) electrons. The normalized spacial score (nSPS) is 24.9. The lowest BCUT2D eigenvalue weighted by Gasteiger charge is -2.38. The highest BCUT2D eigenvalue weighted by Gasteiger charge is 2.32. The maximum atomic E-state index is 13.7. The average Bonchev–Trinajstić information content (AvgIpc) is 2.43. The molecule has 1 unspecified atom stereocenters. The van der Waals surface area contributed by atoms with Crippen LogP contribution in [0.15, 0.2) is 18.2 Å². The molecule has 1 aliphatic carbocycles. The topological polar surface area (TPSA) is 0 Å². The highest BCUT2D eigenvalue weighted by atomic mass is 35.5. The zero-order valence-electron chi connectivity index (χ0n) is 13.1. The van der Waals surface area contributed by atoms with Crippen molar-refractivity contribution in [3.05, 3.63) is 35.4 Å². The van der Waals surface area contributed by atoms with Crippen molar-refractivity contribution in [3.8, 4) is 0 Å². The summed E-state index contributed by atoms with van der Waals surface area (Å²) in [5, 5.41) is -0.109. The van der Waals surface area contributed by atoms with Crippen LogP contribution in [-0.2, 0) is 6.42 Å². The standard InChI is InChI=1S/C18H25ClF2/c1-18(2,3)14-9-7-12(8-10-14)15(19)11-13-5-4-6-16(20)17(13)21/h4-6,12,14-15H,7-11H2,1-3H3. The third-order valence-electron chi connectivity index (χ3n) is 4.95. The molecule has 0 aliphatic heterocycles. The molecule has 2 rings (SSSR count). The Balaban J connectivity index is 1.93. The zero-order valence-corrected chi connectivity index (χ0v) is 13.9. The first-order valence-corrected chi connectivity index (χ1v) is 8.29. The van der Waals surface area contributed by atoms with Gasteiger partial charge in [0, 0.05) is 5.38 Å². The van der Waals surface area contributed by atoms with E-state index in [0.717, 1.165) is 24.8 Å². The second-order valence-corrected chi connectivity index (χ2v) is 7.97. The van der Waals surface area contributed by atoms with Crippen LogP contribution in [0.5, 0.6) is 0 Å². The fraction of sp³-hybridized carbons (Fsp3) is 0.667. The van der Waals surface area contributed by atoms with Gasteiger partial charge in [-0.15, -0.1) is 11.6 Å².